The van der Waals surface area contributed by atoms with Gasteiger partial charge in [0, 0.05) is 30.6 Å². The Hall–Kier alpha value is -3.12. The average molecular weight is 388 g/mol. The minimum atomic E-state index is -0.258. The number of hydrogen-bond donors (Lipinski definition) is 1. The molecule has 0 unspecified atom stereocenters. The van der Waals surface area contributed by atoms with Gasteiger partial charge in [-0.25, -0.2) is 0 Å². The van der Waals surface area contributed by atoms with Crippen LogP contribution in [0.2, 0.25) is 0 Å². The first-order valence-electron chi connectivity index (χ1n) is 10.1. The molecule has 0 spiro atoms. The molecule has 1 amide bonds. The standard InChI is InChI=1S/C23H24N4O2/c28-23-20-10-4-5-11-21(20)25-22(27(23)16-19-9-6-12-29-19)18-13-24-26(15-18)14-17-7-2-1-3-8-17/h1-5,7-8,10-11,13,15,19,22,25H,6,9,12,14,16H2/t19-,22+/m0/s1. The summed E-state index contributed by atoms with van der Waals surface area (Å²) in [5.74, 6) is 0.0376. The Balaban J connectivity index is 1.44. The molecule has 1 saturated heterocycles. The monoisotopic (exact) mass is 388 g/mol. The van der Waals surface area contributed by atoms with Crippen LogP contribution in [0.4, 0.5) is 5.69 Å². The third kappa shape index (κ3) is 3.63. The van der Waals surface area contributed by atoms with Gasteiger partial charge in [-0.15, -0.1) is 0 Å². The Morgan fingerprint density at radius 3 is 2.76 bits per heavy atom. The van der Waals surface area contributed by atoms with Crippen LogP contribution in [0, 0.1) is 0 Å². The predicted molar refractivity (Wildman–Crippen MR) is 111 cm³/mol. The second-order valence-corrected chi connectivity index (χ2v) is 7.64. The Morgan fingerprint density at radius 2 is 1.93 bits per heavy atom. The first-order chi connectivity index (χ1) is 14.3. The molecular formula is C23H24N4O2. The van der Waals surface area contributed by atoms with Gasteiger partial charge in [0.2, 0.25) is 0 Å². The summed E-state index contributed by atoms with van der Waals surface area (Å²) in [6.07, 6.45) is 5.75. The van der Waals surface area contributed by atoms with Crippen molar-refractivity contribution in [2.75, 3.05) is 18.5 Å². The largest absolute Gasteiger partial charge is 0.376 e. The van der Waals surface area contributed by atoms with E-state index in [0.29, 0.717) is 18.7 Å². The maximum absolute atomic E-state index is 13.3. The number of para-hydroxylation sites is 1. The molecule has 0 radical (unpaired) electrons. The number of anilines is 1. The molecule has 148 valence electrons. The van der Waals surface area contributed by atoms with Gasteiger partial charge in [-0.2, -0.15) is 5.10 Å². The van der Waals surface area contributed by atoms with E-state index in [1.807, 2.05) is 64.4 Å². The summed E-state index contributed by atoms with van der Waals surface area (Å²) in [5, 5.41) is 8.08. The fourth-order valence-corrected chi connectivity index (χ4v) is 4.13. The van der Waals surface area contributed by atoms with E-state index in [9.17, 15) is 4.79 Å². The molecule has 2 atom stereocenters. The second-order valence-electron chi connectivity index (χ2n) is 7.64. The van der Waals surface area contributed by atoms with Gasteiger partial charge in [-0.1, -0.05) is 42.5 Å². The third-order valence-corrected chi connectivity index (χ3v) is 5.60. The zero-order valence-electron chi connectivity index (χ0n) is 16.2. The summed E-state index contributed by atoms with van der Waals surface area (Å²) >= 11 is 0. The van der Waals surface area contributed by atoms with Gasteiger partial charge < -0.3 is 15.0 Å². The SMILES string of the molecule is O=C1c2ccccc2N[C@@H](c2cnn(Cc3ccccc3)c2)N1C[C@@H]1CCCO1. The molecule has 6 nitrogen and oxygen atoms in total. The lowest BCUT2D eigenvalue weighted by Gasteiger charge is -2.38. The van der Waals surface area contributed by atoms with Gasteiger partial charge in [-0.05, 0) is 30.5 Å². The summed E-state index contributed by atoms with van der Waals surface area (Å²) in [6, 6.07) is 17.9. The molecule has 1 fully saturated rings. The lowest BCUT2D eigenvalue weighted by atomic mass is 10.0. The molecule has 3 heterocycles. The van der Waals surface area contributed by atoms with Crippen LogP contribution < -0.4 is 5.32 Å². The second kappa shape index (κ2) is 7.72. The number of hydrogen-bond acceptors (Lipinski definition) is 4. The number of ether oxygens (including phenoxy) is 1. The van der Waals surface area contributed by atoms with Gasteiger partial charge in [0.15, 0.2) is 0 Å². The molecule has 0 bridgehead atoms. The first kappa shape index (κ1) is 17.9. The highest BCUT2D eigenvalue weighted by molar-refractivity contribution is 6.01. The van der Waals surface area contributed by atoms with Gasteiger partial charge in [0.1, 0.15) is 6.17 Å². The molecule has 2 aliphatic heterocycles. The molecule has 1 aromatic heterocycles. The van der Waals surface area contributed by atoms with Crippen molar-refractivity contribution in [3.8, 4) is 0 Å². The summed E-state index contributed by atoms with van der Waals surface area (Å²) in [7, 11) is 0. The fourth-order valence-electron chi connectivity index (χ4n) is 4.13. The van der Waals surface area contributed by atoms with Crippen molar-refractivity contribution in [2.24, 2.45) is 0 Å². The van der Waals surface area contributed by atoms with Crippen molar-refractivity contribution in [2.45, 2.75) is 31.7 Å². The fraction of sp³-hybridized carbons (Fsp3) is 0.304. The number of fused-ring (bicyclic) bond motifs is 1. The van der Waals surface area contributed by atoms with Crippen LogP contribution in [0.5, 0.6) is 0 Å². The highest BCUT2D eigenvalue weighted by Gasteiger charge is 2.35. The number of amides is 1. The van der Waals surface area contributed by atoms with Crippen LogP contribution in [0.3, 0.4) is 0 Å². The van der Waals surface area contributed by atoms with Crippen molar-refractivity contribution >= 4 is 11.6 Å². The number of carbonyl (C=O) groups is 1. The predicted octanol–water partition coefficient (Wildman–Crippen LogP) is 3.68. The van der Waals surface area contributed by atoms with E-state index < -0.39 is 0 Å². The molecule has 2 aromatic carbocycles. The highest BCUT2D eigenvalue weighted by atomic mass is 16.5. The molecule has 1 N–H and O–H groups in total. The Kier molecular flexibility index (Phi) is 4.77. The number of nitrogens with zero attached hydrogens (tertiary/aromatic N) is 3. The van der Waals surface area contributed by atoms with E-state index in [0.717, 1.165) is 30.7 Å². The number of aromatic nitrogens is 2. The zero-order valence-corrected chi connectivity index (χ0v) is 16.2. The maximum Gasteiger partial charge on any atom is 0.257 e. The van der Waals surface area contributed by atoms with E-state index in [2.05, 4.69) is 22.5 Å². The number of benzene rings is 2. The topological polar surface area (TPSA) is 59.4 Å². The van der Waals surface area contributed by atoms with Crippen molar-refractivity contribution in [3.05, 3.63) is 83.7 Å². The smallest absolute Gasteiger partial charge is 0.257 e. The van der Waals surface area contributed by atoms with E-state index in [1.54, 1.807) is 0 Å². The lowest BCUT2D eigenvalue weighted by Crippen LogP contribution is -2.46. The first-order valence-corrected chi connectivity index (χ1v) is 10.1. The zero-order chi connectivity index (χ0) is 19.6. The summed E-state index contributed by atoms with van der Waals surface area (Å²) < 4.78 is 7.74. The molecule has 0 aliphatic carbocycles. The minimum Gasteiger partial charge on any atom is -0.376 e. The van der Waals surface area contributed by atoms with Crippen LogP contribution in [-0.2, 0) is 11.3 Å². The quantitative estimate of drug-likeness (QED) is 0.724. The van der Waals surface area contributed by atoms with Crippen molar-refractivity contribution in [3.63, 3.8) is 0 Å². The molecule has 29 heavy (non-hydrogen) atoms. The molecule has 2 aliphatic rings. The van der Waals surface area contributed by atoms with Crippen LogP contribution >= 0.6 is 0 Å². The summed E-state index contributed by atoms with van der Waals surface area (Å²) in [6.45, 7) is 2.05. The Morgan fingerprint density at radius 1 is 1.10 bits per heavy atom. The van der Waals surface area contributed by atoms with Crippen molar-refractivity contribution < 1.29 is 9.53 Å². The number of rotatable bonds is 5. The van der Waals surface area contributed by atoms with Gasteiger partial charge in [-0.3, -0.25) is 9.48 Å². The molecule has 5 rings (SSSR count). The highest BCUT2D eigenvalue weighted by Crippen LogP contribution is 2.34. The third-order valence-electron chi connectivity index (χ3n) is 5.60. The molecule has 3 aromatic rings. The molecule has 6 heteroatoms. The van der Waals surface area contributed by atoms with Crippen molar-refractivity contribution in [1.29, 1.82) is 0 Å². The van der Waals surface area contributed by atoms with E-state index in [-0.39, 0.29) is 18.2 Å². The van der Waals surface area contributed by atoms with Crippen LogP contribution in [0.1, 0.15) is 40.5 Å². The van der Waals surface area contributed by atoms with Crippen molar-refractivity contribution in [1.82, 2.24) is 14.7 Å². The van der Waals surface area contributed by atoms with E-state index in [4.69, 9.17) is 4.74 Å². The van der Waals surface area contributed by atoms with Gasteiger partial charge in [0.25, 0.3) is 5.91 Å². The number of nitrogens with one attached hydrogen (secondary N) is 1. The summed E-state index contributed by atoms with van der Waals surface area (Å²) in [4.78, 5) is 15.2. The van der Waals surface area contributed by atoms with E-state index >= 15 is 0 Å². The minimum absolute atomic E-state index is 0.0376. The maximum atomic E-state index is 13.3. The Bertz CT molecular complexity index is 995. The van der Waals surface area contributed by atoms with E-state index in [1.165, 1.54) is 5.56 Å². The Labute approximate surface area is 170 Å². The number of carbonyl (C=O) groups excluding carboxylic acids is 1. The van der Waals surface area contributed by atoms with Gasteiger partial charge >= 0.3 is 0 Å². The van der Waals surface area contributed by atoms with Crippen LogP contribution in [0.25, 0.3) is 0 Å². The normalized spacial score (nSPS) is 21.1. The molecular weight excluding hydrogens is 364 g/mol. The lowest BCUT2D eigenvalue weighted by molar-refractivity contribution is 0.0427. The van der Waals surface area contributed by atoms with Gasteiger partial charge in [0.05, 0.1) is 24.4 Å². The van der Waals surface area contributed by atoms with Crippen LogP contribution in [-0.4, -0.2) is 39.8 Å². The average Bonchev–Trinajstić information content (AvgIpc) is 3.43. The van der Waals surface area contributed by atoms with Crippen LogP contribution in [0.15, 0.2) is 67.0 Å². The molecule has 0 saturated carbocycles. The summed E-state index contributed by atoms with van der Waals surface area (Å²) in [5.41, 5.74) is 3.73.